The number of nitrogens with one attached hydrogen (secondary N) is 1. The zero-order valence-corrected chi connectivity index (χ0v) is 17.2. The Morgan fingerprint density at radius 3 is 2.44 bits per heavy atom. The number of anilines is 1. The monoisotopic (exact) mass is 510 g/mol. The molecule has 0 atom stereocenters. The summed E-state index contributed by atoms with van der Waals surface area (Å²) in [5.74, 6) is 0.112. The molecule has 0 saturated heterocycles. The van der Waals surface area contributed by atoms with Crippen LogP contribution in [0.4, 0.5) is 5.69 Å². The Morgan fingerprint density at radius 1 is 1.20 bits per heavy atom. The van der Waals surface area contributed by atoms with E-state index in [2.05, 4.69) is 16.4 Å². The van der Waals surface area contributed by atoms with Gasteiger partial charge in [0, 0.05) is 0 Å². The number of nitrogens with zero attached hydrogens (tertiary/aromatic N) is 1. The fourth-order valence-electron chi connectivity index (χ4n) is 2.76. The number of hydrogen-bond acceptors (Lipinski definition) is 4. The minimum absolute atomic E-state index is 0.182. The van der Waals surface area contributed by atoms with E-state index in [0.29, 0.717) is 5.90 Å². The van der Waals surface area contributed by atoms with Crippen molar-refractivity contribution in [2.45, 2.75) is 51.0 Å². The summed E-state index contributed by atoms with van der Waals surface area (Å²) < 4.78 is 7.97. The van der Waals surface area contributed by atoms with E-state index in [-0.39, 0.29) is 11.9 Å². The molecule has 0 aliphatic heterocycles. The number of para-hydroxylation sites is 1. The molecule has 1 fully saturated rings. The number of ether oxygens (including phenoxy) is 1. The molecule has 1 saturated carbocycles. The molecule has 1 aromatic carbocycles. The summed E-state index contributed by atoms with van der Waals surface area (Å²) in [5, 5.41) is 3.06. The van der Waals surface area contributed by atoms with Crippen LogP contribution < -0.4 is 11.1 Å². The van der Waals surface area contributed by atoms with E-state index in [0.717, 1.165) is 18.5 Å². The van der Waals surface area contributed by atoms with Crippen LogP contribution in [0.5, 0.6) is 0 Å². The number of carbonyl (C=O) groups excluding carboxylic acids is 1. The fourth-order valence-corrected chi connectivity index (χ4v) is 3.15. The van der Waals surface area contributed by atoms with Crippen molar-refractivity contribution in [2.75, 3.05) is 5.32 Å². The molecule has 25 heavy (non-hydrogen) atoms. The average molecular weight is 510 g/mol. The molecule has 1 aliphatic rings. The number of hydrogen-bond donors (Lipinski definition) is 2. The van der Waals surface area contributed by atoms with Crippen molar-refractivity contribution in [3.8, 4) is 0 Å². The van der Waals surface area contributed by atoms with Gasteiger partial charge in [-0.1, -0.05) is 0 Å². The van der Waals surface area contributed by atoms with Crippen LogP contribution in [-0.2, 0) is 28.9 Å². The quantitative estimate of drug-likeness (QED) is 0.268. The second-order valence-electron chi connectivity index (χ2n) is 5.98. The fraction of sp³-hybridized carbons (Fsp3) is 0.421. The van der Waals surface area contributed by atoms with Crippen molar-refractivity contribution < 1.29 is 28.9 Å². The van der Waals surface area contributed by atoms with Crippen LogP contribution >= 0.6 is 0 Å². The van der Waals surface area contributed by atoms with Crippen LogP contribution in [0.2, 0.25) is 0 Å². The Morgan fingerprint density at radius 2 is 1.84 bits per heavy atom. The Bertz CT molecular complexity index is 621. The summed E-state index contributed by atoms with van der Waals surface area (Å²) in [6.07, 6.45) is 11.0. The predicted octanol–water partition coefficient (Wildman–Crippen LogP) is 3.11. The van der Waals surface area contributed by atoms with Gasteiger partial charge >= 0.3 is 160 Å². The minimum atomic E-state index is -0.670. The van der Waals surface area contributed by atoms with Gasteiger partial charge in [-0.2, -0.15) is 0 Å². The first-order valence-electron chi connectivity index (χ1n) is 8.63. The van der Waals surface area contributed by atoms with Crippen molar-refractivity contribution in [1.82, 2.24) is 0 Å². The van der Waals surface area contributed by atoms with E-state index >= 15 is 0 Å². The van der Waals surface area contributed by atoms with Gasteiger partial charge in [0.2, 0.25) is 0 Å². The molecule has 0 aromatic heterocycles. The van der Waals surface area contributed by atoms with E-state index in [1.54, 1.807) is 0 Å². The molecule has 6 heteroatoms. The number of rotatable bonds is 6. The van der Waals surface area contributed by atoms with Gasteiger partial charge in [0.15, 0.2) is 0 Å². The Hall–Kier alpha value is -1.74. The third kappa shape index (κ3) is 7.78. The van der Waals surface area contributed by atoms with Gasteiger partial charge in [-0.15, -0.1) is 0 Å². The average Bonchev–Trinajstić information content (AvgIpc) is 2.56. The molecule has 2 rings (SSSR count). The van der Waals surface area contributed by atoms with Crippen molar-refractivity contribution in [3.05, 3.63) is 42.2 Å². The van der Waals surface area contributed by atoms with Crippen LogP contribution in [-0.4, -0.2) is 22.3 Å². The second-order valence-corrected chi connectivity index (χ2v) is 6.83. The SMILES string of the molecule is NC(=O)[C-]=C(/N=C(\[CH]=[W])OC1CCCCCCC1)Nc1ccccc1. The maximum absolute atomic E-state index is 11.3. The summed E-state index contributed by atoms with van der Waals surface area (Å²) >= 11 is 1.23. The van der Waals surface area contributed by atoms with Crippen molar-refractivity contribution in [1.29, 1.82) is 0 Å². The van der Waals surface area contributed by atoms with Gasteiger partial charge in [-0.3, -0.25) is 0 Å². The van der Waals surface area contributed by atoms with E-state index in [1.165, 1.54) is 51.5 Å². The van der Waals surface area contributed by atoms with Gasteiger partial charge in [0.05, 0.1) is 0 Å². The maximum atomic E-state index is 11.3. The Labute approximate surface area is 160 Å². The first-order valence-corrected chi connectivity index (χ1v) is 10.3. The number of aliphatic imine (C=N–C) groups is 1. The molecule has 0 radical (unpaired) electrons. The topological polar surface area (TPSA) is 76.7 Å². The first kappa shape index (κ1) is 19.6. The predicted molar refractivity (Wildman–Crippen MR) is 96.7 cm³/mol. The molecular formula is C19H24N3O2W-. The molecule has 0 unspecified atom stereocenters. The standard InChI is InChI=1S/C19H24N3O2.W/c1-15(24-17-12-8-3-2-4-9-13-17)21-19(14-18(20)23)22-16-10-6-5-7-11-16;/h1,5-7,10-11,17,22H,2-4,8-9,12-13H2,(H2,20,23);/q-1;/b21-15+;. The zero-order valence-electron chi connectivity index (χ0n) is 14.2. The first-order chi connectivity index (χ1) is 12.2. The molecule has 1 aliphatic carbocycles. The molecule has 134 valence electrons. The molecule has 1 aromatic rings. The molecule has 0 bridgehead atoms. The number of carbonyl (C=O) groups is 1. The summed E-state index contributed by atoms with van der Waals surface area (Å²) in [6, 6.07) is 9.48. The van der Waals surface area contributed by atoms with Gasteiger partial charge in [0.25, 0.3) is 0 Å². The third-order valence-electron chi connectivity index (χ3n) is 3.94. The van der Waals surface area contributed by atoms with Crippen molar-refractivity contribution in [2.24, 2.45) is 10.7 Å². The second kappa shape index (κ2) is 11.0. The molecule has 0 heterocycles. The summed E-state index contributed by atoms with van der Waals surface area (Å²) in [7, 11) is 0. The van der Waals surface area contributed by atoms with E-state index in [9.17, 15) is 4.79 Å². The Kier molecular flexibility index (Phi) is 8.61. The van der Waals surface area contributed by atoms with Crippen molar-refractivity contribution in [3.63, 3.8) is 0 Å². The van der Waals surface area contributed by atoms with E-state index in [1.807, 2.05) is 34.7 Å². The summed E-state index contributed by atoms with van der Waals surface area (Å²) in [6.45, 7) is 0. The van der Waals surface area contributed by atoms with Crippen LogP contribution in [0.25, 0.3) is 0 Å². The summed E-state index contributed by atoms with van der Waals surface area (Å²) in [4.78, 5) is 15.7. The number of amides is 1. The molecule has 5 nitrogen and oxygen atoms in total. The van der Waals surface area contributed by atoms with Gasteiger partial charge in [0.1, 0.15) is 0 Å². The number of primary amides is 1. The number of nitrogens with two attached hydrogens (primary N) is 1. The number of benzene rings is 1. The van der Waals surface area contributed by atoms with Crippen LogP contribution in [0.3, 0.4) is 0 Å². The van der Waals surface area contributed by atoms with Crippen molar-refractivity contribution >= 4 is 21.9 Å². The van der Waals surface area contributed by atoms with Gasteiger partial charge in [-0.05, 0) is 0 Å². The van der Waals surface area contributed by atoms with Crippen LogP contribution in [0.1, 0.15) is 44.9 Å². The van der Waals surface area contributed by atoms with E-state index < -0.39 is 5.91 Å². The van der Waals surface area contributed by atoms with Gasteiger partial charge < -0.3 is 0 Å². The molecular weight excluding hydrogens is 486 g/mol. The molecule has 3 N–H and O–H groups in total. The molecule has 0 spiro atoms. The normalized spacial score (nSPS) is 17.3. The van der Waals surface area contributed by atoms with Crippen LogP contribution in [0, 0.1) is 6.08 Å². The zero-order chi connectivity index (χ0) is 17.9. The van der Waals surface area contributed by atoms with Gasteiger partial charge in [-0.25, -0.2) is 0 Å². The Balaban J connectivity index is 2.10. The van der Waals surface area contributed by atoms with Crippen LogP contribution in [0.15, 0.2) is 41.1 Å². The van der Waals surface area contributed by atoms with E-state index in [4.69, 9.17) is 10.5 Å². The molecule has 1 amide bonds. The summed E-state index contributed by atoms with van der Waals surface area (Å²) in [5.41, 5.74) is 6.07. The third-order valence-corrected chi connectivity index (χ3v) is 4.66.